The Bertz CT molecular complexity index is 3400. The molecule has 20 heteroatoms. The summed E-state index contributed by atoms with van der Waals surface area (Å²) in [4.78, 5) is 87.2. The third-order valence-electron chi connectivity index (χ3n) is 16.6. The van der Waals surface area contributed by atoms with E-state index in [0.717, 1.165) is 28.1 Å². The molecule has 0 spiro atoms. The minimum atomic E-state index is -2.65. The predicted molar refractivity (Wildman–Crippen MR) is 295 cm³/mol. The third-order valence-corrected chi connectivity index (χ3v) is 16.6. The first-order valence-corrected chi connectivity index (χ1v) is 26.1. The maximum absolute atomic E-state index is 14.5. The van der Waals surface area contributed by atoms with Gasteiger partial charge in [-0.15, -0.1) is 0 Å². The van der Waals surface area contributed by atoms with Gasteiger partial charge in [0.25, 0.3) is 11.8 Å². The molecule has 10 rings (SSSR count). The monoisotopic (exact) mass is 1090 g/mol. The summed E-state index contributed by atoms with van der Waals surface area (Å²) in [5, 5.41) is 68.0. The number of nitrogens with two attached hydrogens (primary N) is 2. The van der Waals surface area contributed by atoms with E-state index in [1.165, 1.54) is 11.0 Å². The molecule has 2 fully saturated rings. The molecule has 80 heavy (non-hydrogen) atoms. The van der Waals surface area contributed by atoms with Crippen LogP contribution in [-0.2, 0) is 59.6 Å². The Morgan fingerprint density at radius 3 is 1.50 bits per heavy atom. The fraction of sp³-hybridized carbons (Fsp3) is 0.367. The zero-order valence-electron chi connectivity index (χ0n) is 45.7. The summed E-state index contributed by atoms with van der Waals surface area (Å²) in [7, 11) is 14.0. The number of benzene rings is 4. The Morgan fingerprint density at radius 1 is 0.562 bits per heavy atom. The molecular weight excluding hydrogens is 1030 g/mol. The van der Waals surface area contributed by atoms with Gasteiger partial charge in [-0.05, 0) is 112 Å². The molecule has 6 aliphatic rings. The molecule has 0 bridgehead atoms. The summed E-state index contributed by atoms with van der Waals surface area (Å²) in [6.45, 7) is 0.270. The van der Waals surface area contributed by atoms with Crippen LogP contribution in [0, 0.1) is 23.7 Å². The average molecular weight is 1100 g/mol. The van der Waals surface area contributed by atoms with E-state index in [2.05, 4.69) is 0 Å². The second-order valence-electron chi connectivity index (χ2n) is 22.1. The number of amides is 2. The van der Waals surface area contributed by atoms with Crippen molar-refractivity contribution < 1.29 is 68.9 Å². The molecule has 4 aromatic rings. The highest BCUT2D eigenvalue weighted by Gasteiger charge is 2.66. The molecule has 0 unspecified atom stereocenters. The number of hydrogen-bond acceptors (Lipinski definition) is 18. The lowest BCUT2D eigenvalue weighted by molar-refractivity contribution is -0.163. The van der Waals surface area contributed by atoms with Crippen LogP contribution < -0.4 is 26.0 Å². The van der Waals surface area contributed by atoms with Crippen molar-refractivity contribution in [2.45, 2.75) is 62.2 Å². The summed E-state index contributed by atoms with van der Waals surface area (Å²) in [6.07, 6.45) is 0.830. The number of nitrogens with zero attached hydrogens (tertiary/aromatic N) is 4. The lowest BCUT2D eigenvalue weighted by atomic mass is 9.57. The van der Waals surface area contributed by atoms with Crippen LogP contribution in [0.3, 0.4) is 0 Å². The Labute approximate surface area is 462 Å². The zero-order chi connectivity index (χ0) is 58.2. The van der Waals surface area contributed by atoms with Crippen molar-refractivity contribution in [2.24, 2.45) is 35.1 Å². The summed E-state index contributed by atoms with van der Waals surface area (Å²) in [5.41, 5.74) is 9.35. The molecule has 4 aromatic carbocycles. The molecular formula is C60H66N6O14. The minimum absolute atomic E-state index is 0.0252. The second kappa shape index (κ2) is 21.1. The molecule has 0 aliphatic heterocycles. The second-order valence-corrected chi connectivity index (χ2v) is 22.1. The number of Topliss-reactive ketones (excluding diaryl/α,β-unsaturated/α-hetero) is 4. The van der Waals surface area contributed by atoms with Crippen LogP contribution in [0.1, 0.15) is 46.2 Å². The fourth-order valence-corrected chi connectivity index (χ4v) is 13.0. The highest BCUT2D eigenvalue weighted by atomic mass is 16.5. The average Bonchev–Trinajstić information content (AvgIpc) is 3.58. The number of carbonyl (C=O) groups excluding carboxylic acids is 6. The molecule has 6 aliphatic carbocycles. The number of ketones is 4. The minimum Gasteiger partial charge on any atom is -0.508 e. The first-order valence-electron chi connectivity index (χ1n) is 26.1. The van der Waals surface area contributed by atoms with Crippen molar-refractivity contribution in [3.8, 4) is 11.5 Å². The van der Waals surface area contributed by atoms with Crippen LogP contribution in [0.15, 0.2) is 119 Å². The molecule has 2 saturated carbocycles. The van der Waals surface area contributed by atoms with Gasteiger partial charge in [-0.2, -0.15) is 0 Å². The standard InChI is InChI=1S/C37H39N3O7.C23H27N3O7/c1-39(2)26-15-16-27(46-19-21-11-7-5-8-12-21)29-24(26)17-23-18-25-31(40(3)4)33(47-20-22-13-9-6-10-14-22)30(36(38)44)35(43)37(25,45)34(42)28(23)32(29)41;1-25(2)12-5-6-13(27)15-10(12)7-9-8-11-17(26(3)4)19(29)16(22(24)32)21(31)23(11,33)20(30)14(9)18(15)28/h5-16,23,25,31,41,45H,17-20H2,1-4H3,(H2,38,44);5-6,9,11,17,27-28,31,33H,7-8H2,1-4H3,(H2,24,32)/t23-,25-,31-,37-;9-,11-,17-,23-/m00/s1. The molecule has 0 aromatic heterocycles. The summed E-state index contributed by atoms with van der Waals surface area (Å²) in [6, 6.07) is 23.6. The van der Waals surface area contributed by atoms with Gasteiger partial charge in [0, 0.05) is 62.5 Å². The van der Waals surface area contributed by atoms with Crippen molar-refractivity contribution in [3.63, 3.8) is 0 Å². The normalized spacial score (nSPS) is 25.9. The quantitative estimate of drug-likeness (QED) is 0.0742. The molecule has 10 N–H and O–H groups in total. The van der Waals surface area contributed by atoms with Gasteiger partial charge in [-0.1, -0.05) is 60.7 Å². The highest BCUT2D eigenvalue weighted by molar-refractivity contribution is 6.33. The van der Waals surface area contributed by atoms with Crippen LogP contribution in [0.5, 0.6) is 11.5 Å². The van der Waals surface area contributed by atoms with Crippen molar-refractivity contribution in [1.82, 2.24) is 9.80 Å². The van der Waals surface area contributed by atoms with E-state index in [4.69, 9.17) is 20.9 Å². The number of phenols is 1. The van der Waals surface area contributed by atoms with Gasteiger partial charge < -0.3 is 61.4 Å². The molecule has 420 valence electrons. The van der Waals surface area contributed by atoms with Crippen molar-refractivity contribution in [1.29, 1.82) is 0 Å². The van der Waals surface area contributed by atoms with Crippen LogP contribution in [0.2, 0.25) is 0 Å². The third kappa shape index (κ3) is 8.95. The van der Waals surface area contributed by atoms with Gasteiger partial charge in [-0.3, -0.25) is 38.6 Å². The first kappa shape index (κ1) is 56.4. The Hall–Kier alpha value is -8.30. The maximum atomic E-state index is 14.5. The topological polar surface area (TPSA) is 307 Å². The van der Waals surface area contributed by atoms with Gasteiger partial charge in [0.1, 0.15) is 58.9 Å². The maximum Gasteiger partial charge on any atom is 0.255 e. The smallest absolute Gasteiger partial charge is 0.255 e. The number of likely N-dealkylation sites (N-methyl/N-ethyl adjacent to an activating group) is 2. The van der Waals surface area contributed by atoms with Gasteiger partial charge in [0.2, 0.25) is 17.3 Å². The van der Waals surface area contributed by atoms with Crippen LogP contribution in [-0.4, -0.2) is 155 Å². The van der Waals surface area contributed by atoms with Crippen molar-refractivity contribution >= 4 is 57.8 Å². The molecule has 2 amide bonds. The number of fused-ring (bicyclic) bond motifs is 6. The van der Waals surface area contributed by atoms with E-state index in [-0.39, 0.29) is 66.5 Å². The summed E-state index contributed by atoms with van der Waals surface area (Å²) < 4.78 is 12.4. The molecule has 0 heterocycles. The van der Waals surface area contributed by atoms with E-state index in [1.54, 1.807) is 45.2 Å². The van der Waals surface area contributed by atoms with Crippen LogP contribution in [0.4, 0.5) is 11.4 Å². The van der Waals surface area contributed by atoms with Crippen molar-refractivity contribution in [3.05, 3.63) is 152 Å². The predicted octanol–water partition coefficient (Wildman–Crippen LogP) is 3.59. The van der Waals surface area contributed by atoms with Crippen LogP contribution in [0.25, 0.3) is 11.5 Å². The van der Waals surface area contributed by atoms with E-state index in [0.29, 0.717) is 23.3 Å². The molecule has 20 nitrogen and oxygen atoms in total. The number of primary amides is 2. The van der Waals surface area contributed by atoms with E-state index in [1.807, 2.05) is 105 Å². The Balaban J connectivity index is 0.000000206. The van der Waals surface area contributed by atoms with Gasteiger partial charge in [-0.25, -0.2) is 0 Å². The number of aliphatic hydroxyl groups excluding tert-OH is 3. The van der Waals surface area contributed by atoms with Gasteiger partial charge >= 0.3 is 0 Å². The number of hydrogen-bond donors (Lipinski definition) is 8. The Morgan fingerprint density at radius 2 is 1.01 bits per heavy atom. The lowest BCUT2D eigenvalue weighted by Gasteiger charge is -2.50. The Kier molecular flexibility index (Phi) is 14.9. The molecule has 0 radical (unpaired) electrons. The number of rotatable bonds is 12. The zero-order valence-corrected chi connectivity index (χ0v) is 45.7. The number of aromatic hydroxyl groups is 1. The lowest BCUT2D eigenvalue weighted by Crippen LogP contribution is -2.67. The first-order chi connectivity index (χ1) is 37.8. The summed E-state index contributed by atoms with van der Waals surface area (Å²) >= 11 is 0. The van der Waals surface area contributed by atoms with E-state index in [9.17, 15) is 59.4 Å². The van der Waals surface area contributed by atoms with E-state index < -0.39 is 105 Å². The summed E-state index contributed by atoms with van der Waals surface area (Å²) in [5.74, 6) is -11.2. The number of carbonyl (C=O) groups is 6. The highest BCUT2D eigenvalue weighted by Crippen LogP contribution is 2.56. The van der Waals surface area contributed by atoms with E-state index >= 15 is 0 Å². The number of phenolic OH excluding ortho intramolecular Hbond substituents is 1. The van der Waals surface area contributed by atoms with Gasteiger partial charge in [0.05, 0.1) is 23.2 Å². The van der Waals surface area contributed by atoms with Crippen LogP contribution >= 0.6 is 0 Å². The molecule has 0 saturated heterocycles. The number of aliphatic hydroxyl groups is 5. The fourth-order valence-electron chi connectivity index (χ4n) is 13.0. The van der Waals surface area contributed by atoms with Crippen molar-refractivity contribution in [2.75, 3.05) is 66.2 Å². The largest absolute Gasteiger partial charge is 0.508 e. The molecule has 8 atom stereocenters. The van der Waals surface area contributed by atoms with Gasteiger partial charge in [0.15, 0.2) is 17.0 Å². The SMILES string of the molecule is CN(C)c1ccc(O)c2c1C[C@H]1C[C@H]3[C@H](N(C)C)C(=O)C(C(N)=O)=C(O)[C@@]3(O)C(=O)C1=C2O.CN(C)c1ccc(OCc2ccccc2)c2c1C[C@H]1C[C@H]3[C@H](N(C)C)C(OCc4ccccc4)=C(C(N)=O)C(=O)[C@@]3(O)C(=O)C1=C2O. The number of ether oxygens (including phenoxy) is 2. The number of anilines is 2.